The van der Waals surface area contributed by atoms with Gasteiger partial charge in [0.1, 0.15) is 5.75 Å². The predicted octanol–water partition coefficient (Wildman–Crippen LogP) is 3.62. The van der Waals surface area contributed by atoms with Crippen molar-refractivity contribution in [2.75, 3.05) is 25.6 Å². The number of rotatable bonds is 8. The smallest absolute Gasteiger partial charge is 0.142 e. The van der Waals surface area contributed by atoms with Gasteiger partial charge in [0.05, 0.1) is 18.9 Å². The molecule has 18 heavy (non-hydrogen) atoms. The van der Waals surface area contributed by atoms with Crippen LogP contribution < -0.4 is 10.1 Å². The summed E-state index contributed by atoms with van der Waals surface area (Å²) in [5.74, 6) is 0.936. The quantitative estimate of drug-likeness (QED) is 0.765. The summed E-state index contributed by atoms with van der Waals surface area (Å²) in [7, 11) is 1.73. The number of benzene rings is 1. The third kappa shape index (κ3) is 4.57. The highest BCUT2D eigenvalue weighted by atomic mass is 16.5. The SMILES string of the molecule is CCCOc1cc(C)ccc1NC(CC)COC. The second-order valence-electron chi connectivity index (χ2n) is 4.55. The monoisotopic (exact) mass is 251 g/mol. The first-order valence-corrected chi connectivity index (χ1v) is 6.70. The van der Waals surface area contributed by atoms with E-state index in [1.54, 1.807) is 7.11 Å². The van der Waals surface area contributed by atoms with Crippen molar-refractivity contribution in [1.82, 2.24) is 0 Å². The van der Waals surface area contributed by atoms with Gasteiger partial charge in [-0.2, -0.15) is 0 Å². The Morgan fingerprint density at radius 2 is 2.06 bits per heavy atom. The topological polar surface area (TPSA) is 30.5 Å². The molecule has 1 rings (SSSR count). The molecule has 0 heterocycles. The maximum atomic E-state index is 5.79. The van der Waals surface area contributed by atoms with Gasteiger partial charge in [0, 0.05) is 13.2 Å². The third-order valence-electron chi connectivity index (χ3n) is 2.82. The molecule has 102 valence electrons. The molecule has 3 nitrogen and oxygen atoms in total. The molecule has 1 aromatic carbocycles. The standard InChI is InChI=1S/C15H25NO2/c1-5-9-18-15-10-12(3)7-8-14(15)16-13(6-2)11-17-4/h7-8,10,13,16H,5-6,9,11H2,1-4H3. The highest BCUT2D eigenvalue weighted by Gasteiger charge is 2.09. The van der Waals surface area contributed by atoms with Crippen LogP contribution in [-0.4, -0.2) is 26.4 Å². The number of methoxy groups -OCH3 is 1. The van der Waals surface area contributed by atoms with Gasteiger partial charge in [-0.05, 0) is 37.5 Å². The molecule has 1 atom stereocenters. The Morgan fingerprint density at radius 1 is 1.28 bits per heavy atom. The molecule has 0 amide bonds. The van der Waals surface area contributed by atoms with Crippen LogP contribution in [0.2, 0.25) is 0 Å². The summed E-state index contributed by atoms with van der Waals surface area (Å²) in [5.41, 5.74) is 2.27. The summed E-state index contributed by atoms with van der Waals surface area (Å²) in [4.78, 5) is 0. The van der Waals surface area contributed by atoms with E-state index in [0.29, 0.717) is 12.6 Å². The lowest BCUT2D eigenvalue weighted by Crippen LogP contribution is -2.24. The fourth-order valence-corrected chi connectivity index (χ4v) is 1.76. The van der Waals surface area contributed by atoms with E-state index in [2.05, 4.69) is 44.3 Å². The molecule has 1 aromatic rings. The highest BCUT2D eigenvalue weighted by molar-refractivity contribution is 5.58. The fourth-order valence-electron chi connectivity index (χ4n) is 1.76. The van der Waals surface area contributed by atoms with E-state index >= 15 is 0 Å². The van der Waals surface area contributed by atoms with Gasteiger partial charge in [0.2, 0.25) is 0 Å². The molecular weight excluding hydrogens is 226 g/mol. The minimum atomic E-state index is 0.321. The van der Waals surface area contributed by atoms with E-state index in [9.17, 15) is 0 Å². The van der Waals surface area contributed by atoms with Gasteiger partial charge in [0.25, 0.3) is 0 Å². The molecule has 0 aliphatic rings. The molecule has 3 heteroatoms. The van der Waals surface area contributed by atoms with Crippen molar-refractivity contribution < 1.29 is 9.47 Å². The minimum Gasteiger partial charge on any atom is -0.491 e. The van der Waals surface area contributed by atoms with Crippen molar-refractivity contribution in [2.45, 2.75) is 39.7 Å². The highest BCUT2D eigenvalue weighted by Crippen LogP contribution is 2.27. The Balaban J connectivity index is 2.78. The molecule has 0 radical (unpaired) electrons. The van der Waals surface area contributed by atoms with E-state index in [-0.39, 0.29) is 0 Å². The molecule has 0 saturated heterocycles. The van der Waals surface area contributed by atoms with Crippen LogP contribution in [0.3, 0.4) is 0 Å². The lowest BCUT2D eigenvalue weighted by molar-refractivity contribution is 0.184. The number of aryl methyl sites for hydroxylation is 1. The van der Waals surface area contributed by atoms with Crippen LogP contribution in [-0.2, 0) is 4.74 Å². The van der Waals surface area contributed by atoms with Gasteiger partial charge in [-0.3, -0.25) is 0 Å². The van der Waals surface area contributed by atoms with Crippen LogP contribution in [0.5, 0.6) is 5.75 Å². The molecule has 1 unspecified atom stereocenters. The fraction of sp³-hybridized carbons (Fsp3) is 0.600. The number of hydrogen-bond donors (Lipinski definition) is 1. The molecule has 0 aliphatic heterocycles. The maximum Gasteiger partial charge on any atom is 0.142 e. The van der Waals surface area contributed by atoms with Crippen LogP contribution in [0.1, 0.15) is 32.3 Å². The van der Waals surface area contributed by atoms with E-state index in [4.69, 9.17) is 9.47 Å². The van der Waals surface area contributed by atoms with Gasteiger partial charge < -0.3 is 14.8 Å². The van der Waals surface area contributed by atoms with Crippen LogP contribution in [0.15, 0.2) is 18.2 Å². The number of hydrogen-bond acceptors (Lipinski definition) is 3. The lowest BCUT2D eigenvalue weighted by atomic mass is 10.1. The van der Waals surface area contributed by atoms with Crippen molar-refractivity contribution in [3.63, 3.8) is 0 Å². The van der Waals surface area contributed by atoms with Crippen molar-refractivity contribution in [3.8, 4) is 5.75 Å². The summed E-state index contributed by atoms with van der Waals surface area (Å²) < 4.78 is 11.0. The third-order valence-corrected chi connectivity index (χ3v) is 2.82. The maximum absolute atomic E-state index is 5.79. The Kier molecular flexibility index (Phi) is 6.58. The molecular formula is C15H25NO2. The molecule has 1 N–H and O–H groups in total. The zero-order valence-electron chi connectivity index (χ0n) is 12.0. The van der Waals surface area contributed by atoms with Crippen molar-refractivity contribution >= 4 is 5.69 Å². The summed E-state index contributed by atoms with van der Waals surface area (Å²) >= 11 is 0. The Labute approximate surface area is 110 Å². The Hall–Kier alpha value is -1.22. The van der Waals surface area contributed by atoms with Gasteiger partial charge in [-0.25, -0.2) is 0 Å². The summed E-state index contributed by atoms with van der Waals surface area (Å²) in [6, 6.07) is 6.58. The minimum absolute atomic E-state index is 0.321. The van der Waals surface area contributed by atoms with Gasteiger partial charge in [-0.1, -0.05) is 19.9 Å². The zero-order valence-corrected chi connectivity index (χ0v) is 12.0. The van der Waals surface area contributed by atoms with Crippen LogP contribution >= 0.6 is 0 Å². The first-order chi connectivity index (χ1) is 8.71. The second kappa shape index (κ2) is 7.98. The van der Waals surface area contributed by atoms with Gasteiger partial charge >= 0.3 is 0 Å². The second-order valence-corrected chi connectivity index (χ2v) is 4.55. The average molecular weight is 251 g/mol. The number of ether oxygens (including phenoxy) is 2. The normalized spacial score (nSPS) is 12.2. The van der Waals surface area contributed by atoms with E-state index in [0.717, 1.165) is 30.9 Å². The lowest BCUT2D eigenvalue weighted by Gasteiger charge is -2.20. The molecule has 0 aromatic heterocycles. The summed E-state index contributed by atoms with van der Waals surface area (Å²) in [5, 5.41) is 3.48. The van der Waals surface area contributed by atoms with Crippen molar-refractivity contribution in [1.29, 1.82) is 0 Å². The van der Waals surface area contributed by atoms with E-state index in [1.165, 1.54) is 5.56 Å². The Bertz CT molecular complexity index is 352. The Morgan fingerprint density at radius 3 is 2.67 bits per heavy atom. The van der Waals surface area contributed by atoms with Crippen molar-refractivity contribution in [3.05, 3.63) is 23.8 Å². The van der Waals surface area contributed by atoms with Crippen LogP contribution in [0.4, 0.5) is 5.69 Å². The first-order valence-electron chi connectivity index (χ1n) is 6.70. The summed E-state index contributed by atoms with van der Waals surface area (Å²) in [6.45, 7) is 7.80. The van der Waals surface area contributed by atoms with E-state index < -0.39 is 0 Å². The van der Waals surface area contributed by atoms with Crippen LogP contribution in [0, 0.1) is 6.92 Å². The first kappa shape index (κ1) is 14.8. The van der Waals surface area contributed by atoms with Crippen molar-refractivity contribution in [2.24, 2.45) is 0 Å². The summed E-state index contributed by atoms with van der Waals surface area (Å²) in [6.07, 6.45) is 2.04. The zero-order chi connectivity index (χ0) is 13.4. The number of anilines is 1. The molecule has 0 spiro atoms. The average Bonchev–Trinajstić information content (AvgIpc) is 2.38. The van der Waals surface area contributed by atoms with Gasteiger partial charge in [-0.15, -0.1) is 0 Å². The number of nitrogens with one attached hydrogen (secondary N) is 1. The van der Waals surface area contributed by atoms with Gasteiger partial charge in [0.15, 0.2) is 0 Å². The molecule has 0 saturated carbocycles. The van der Waals surface area contributed by atoms with Crippen LogP contribution in [0.25, 0.3) is 0 Å². The molecule has 0 aliphatic carbocycles. The largest absolute Gasteiger partial charge is 0.491 e. The predicted molar refractivity (Wildman–Crippen MR) is 76.5 cm³/mol. The van der Waals surface area contributed by atoms with E-state index in [1.807, 2.05) is 0 Å². The molecule has 0 fully saturated rings. The molecule has 0 bridgehead atoms.